The fourth-order valence-electron chi connectivity index (χ4n) is 2.12. The SMILES string of the molecule is Cc1cccc(C(C)C)c1NC(=O)c1ccnc(N)c1. The Kier molecular flexibility index (Phi) is 4.03. The topological polar surface area (TPSA) is 68.0 Å². The second-order valence-corrected chi connectivity index (χ2v) is 5.12. The number of anilines is 2. The molecule has 1 aromatic heterocycles. The van der Waals surface area contributed by atoms with Crippen molar-refractivity contribution < 1.29 is 4.79 Å². The number of rotatable bonds is 3. The number of carbonyl (C=O) groups excluding carboxylic acids is 1. The molecular weight excluding hydrogens is 250 g/mol. The van der Waals surface area contributed by atoms with Crippen molar-refractivity contribution >= 4 is 17.4 Å². The number of nitrogens with zero attached hydrogens (tertiary/aromatic N) is 1. The lowest BCUT2D eigenvalue weighted by Gasteiger charge is -2.16. The summed E-state index contributed by atoms with van der Waals surface area (Å²) in [5, 5.41) is 2.98. The lowest BCUT2D eigenvalue weighted by molar-refractivity contribution is 0.102. The summed E-state index contributed by atoms with van der Waals surface area (Å²) in [7, 11) is 0. The number of nitrogen functional groups attached to an aromatic ring is 1. The van der Waals surface area contributed by atoms with Gasteiger partial charge in [0.05, 0.1) is 0 Å². The molecule has 104 valence electrons. The standard InChI is InChI=1S/C16H19N3O/c1-10(2)13-6-4-5-11(3)15(13)19-16(20)12-7-8-18-14(17)9-12/h4-10H,1-3H3,(H2,17,18)(H,19,20). The second kappa shape index (κ2) is 5.74. The highest BCUT2D eigenvalue weighted by molar-refractivity contribution is 6.05. The van der Waals surface area contributed by atoms with Crippen LogP contribution in [0.4, 0.5) is 11.5 Å². The first-order chi connectivity index (χ1) is 9.49. The van der Waals surface area contributed by atoms with Crippen molar-refractivity contribution in [2.45, 2.75) is 26.7 Å². The summed E-state index contributed by atoms with van der Waals surface area (Å²) in [6.07, 6.45) is 1.53. The highest BCUT2D eigenvalue weighted by atomic mass is 16.1. The average Bonchev–Trinajstić information content (AvgIpc) is 2.40. The largest absolute Gasteiger partial charge is 0.384 e. The third-order valence-corrected chi connectivity index (χ3v) is 3.21. The van der Waals surface area contributed by atoms with Crippen LogP contribution in [0.2, 0.25) is 0 Å². The maximum absolute atomic E-state index is 12.3. The Morgan fingerprint density at radius 1 is 1.30 bits per heavy atom. The van der Waals surface area contributed by atoms with Crippen molar-refractivity contribution in [3.05, 3.63) is 53.2 Å². The fourth-order valence-corrected chi connectivity index (χ4v) is 2.12. The molecule has 0 aliphatic carbocycles. The average molecular weight is 269 g/mol. The summed E-state index contributed by atoms with van der Waals surface area (Å²) in [6, 6.07) is 9.25. The Hall–Kier alpha value is -2.36. The van der Waals surface area contributed by atoms with Gasteiger partial charge in [0.25, 0.3) is 5.91 Å². The third-order valence-electron chi connectivity index (χ3n) is 3.21. The van der Waals surface area contributed by atoms with Crippen LogP contribution in [0.3, 0.4) is 0 Å². The van der Waals surface area contributed by atoms with Gasteiger partial charge in [0.1, 0.15) is 5.82 Å². The highest BCUT2D eigenvalue weighted by Gasteiger charge is 2.13. The Labute approximate surface area is 119 Å². The predicted molar refractivity (Wildman–Crippen MR) is 81.9 cm³/mol. The smallest absolute Gasteiger partial charge is 0.255 e. The number of pyridine rings is 1. The van der Waals surface area contributed by atoms with Crippen LogP contribution >= 0.6 is 0 Å². The quantitative estimate of drug-likeness (QED) is 0.897. The number of aryl methyl sites for hydroxylation is 1. The zero-order chi connectivity index (χ0) is 14.7. The Morgan fingerprint density at radius 3 is 2.70 bits per heavy atom. The molecule has 0 radical (unpaired) electrons. The van der Waals surface area contributed by atoms with E-state index >= 15 is 0 Å². The van der Waals surface area contributed by atoms with Gasteiger partial charge in [-0.15, -0.1) is 0 Å². The molecule has 3 N–H and O–H groups in total. The molecule has 4 nitrogen and oxygen atoms in total. The predicted octanol–water partition coefficient (Wildman–Crippen LogP) is 3.35. The van der Waals surface area contributed by atoms with Crippen molar-refractivity contribution in [1.82, 2.24) is 4.98 Å². The van der Waals surface area contributed by atoms with Crippen molar-refractivity contribution in [3.8, 4) is 0 Å². The molecule has 0 atom stereocenters. The third kappa shape index (κ3) is 2.96. The number of benzene rings is 1. The van der Waals surface area contributed by atoms with Gasteiger partial charge in [0.2, 0.25) is 0 Å². The fraction of sp³-hybridized carbons (Fsp3) is 0.250. The summed E-state index contributed by atoms with van der Waals surface area (Å²) >= 11 is 0. The molecular formula is C16H19N3O. The van der Waals surface area contributed by atoms with Gasteiger partial charge in [0.15, 0.2) is 0 Å². The van der Waals surface area contributed by atoms with E-state index in [1.165, 1.54) is 6.20 Å². The molecule has 20 heavy (non-hydrogen) atoms. The van der Waals surface area contributed by atoms with Gasteiger partial charge in [-0.05, 0) is 36.1 Å². The molecule has 1 aromatic carbocycles. The molecule has 0 spiro atoms. The van der Waals surface area contributed by atoms with E-state index in [1.54, 1.807) is 12.1 Å². The number of hydrogen-bond donors (Lipinski definition) is 2. The zero-order valence-corrected chi connectivity index (χ0v) is 12.0. The molecule has 1 heterocycles. The van der Waals surface area contributed by atoms with Crippen molar-refractivity contribution in [2.75, 3.05) is 11.1 Å². The summed E-state index contributed by atoms with van der Waals surface area (Å²) in [5.41, 5.74) is 9.17. The number of carbonyl (C=O) groups is 1. The number of amides is 1. The first-order valence-corrected chi connectivity index (χ1v) is 6.61. The van der Waals surface area contributed by atoms with Crippen molar-refractivity contribution in [3.63, 3.8) is 0 Å². The Bertz CT molecular complexity index is 635. The minimum Gasteiger partial charge on any atom is -0.384 e. The monoisotopic (exact) mass is 269 g/mol. The van der Waals surface area contributed by atoms with Crippen LogP contribution in [0.15, 0.2) is 36.5 Å². The van der Waals surface area contributed by atoms with Crippen LogP contribution in [0.1, 0.15) is 41.3 Å². The molecule has 0 bridgehead atoms. The van der Waals surface area contributed by atoms with E-state index in [4.69, 9.17) is 5.73 Å². The molecule has 2 rings (SSSR count). The minimum absolute atomic E-state index is 0.171. The van der Waals surface area contributed by atoms with E-state index in [0.29, 0.717) is 17.3 Å². The lowest BCUT2D eigenvalue weighted by Crippen LogP contribution is -2.15. The molecule has 4 heteroatoms. The maximum atomic E-state index is 12.3. The number of hydrogen-bond acceptors (Lipinski definition) is 3. The van der Waals surface area contributed by atoms with Gasteiger partial charge in [-0.3, -0.25) is 4.79 Å². The Morgan fingerprint density at radius 2 is 2.05 bits per heavy atom. The van der Waals surface area contributed by atoms with E-state index < -0.39 is 0 Å². The van der Waals surface area contributed by atoms with Crippen LogP contribution in [-0.2, 0) is 0 Å². The molecule has 1 amide bonds. The van der Waals surface area contributed by atoms with E-state index in [0.717, 1.165) is 16.8 Å². The van der Waals surface area contributed by atoms with Gasteiger partial charge in [-0.1, -0.05) is 32.0 Å². The number of aromatic nitrogens is 1. The van der Waals surface area contributed by atoms with Crippen molar-refractivity contribution in [2.24, 2.45) is 0 Å². The summed E-state index contributed by atoms with van der Waals surface area (Å²) in [4.78, 5) is 16.2. The van der Waals surface area contributed by atoms with Crippen LogP contribution in [0.5, 0.6) is 0 Å². The van der Waals surface area contributed by atoms with E-state index in [-0.39, 0.29) is 5.91 Å². The number of nitrogens with two attached hydrogens (primary N) is 1. The van der Waals surface area contributed by atoms with Crippen LogP contribution < -0.4 is 11.1 Å². The van der Waals surface area contributed by atoms with Crippen LogP contribution in [-0.4, -0.2) is 10.9 Å². The van der Waals surface area contributed by atoms with Gasteiger partial charge < -0.3 is 11.1 Å². The molecule has 0 saturated carbocycles. The first-order valence-electron chi connectivity index (χ1n) is 6.61. The molecule has 0 aliphatic rings. The van der Waals surface area contributed by atoms with E-state index in [2.05, 4.69) is 24.1 Å². The van der Waals surface area contributed by atoms with E-state index in [9.17, 15) is 4.79 Å². The molecule has 2 aromatic rings. The molecule has 0 aliphatic heterocycles. The first kappa shape index (κ1) is 14.1. The van der Waals surface area contributed by atoms with Crippen molar-refractivity contribution in [1.29, 1.82) is 0 Å². The van der Waals surface area contributed by atoms with E-state index in [1.807, 2.05) is 25.1 Å². The van der Waals surface area contributed by atoms with Gasteiger partial charge in [0, 0.05) is 17.4 Å². The zero-order valence-electron chi connectivity index (χ0n) is 12.0. The summed E-state index contributed by atoms with van der Waals surface area (Å²) in [5.74, 6) is 0.509. The lowest BCUT2D eigenvalue weighted by atomic mass is 9.98. The van der Waals surface area contributed by atoms with Gasteiger partial charge in [-0.2, -0.15) is 0 Å². The summed E-state index contributed by atoms with van der Waals surface area (Å²) < 4.78 is 0. The minimum atomic E-state index is -0.171. The van der Waals surface area contributed by atoms with Gasteiger partial charge in [-0.25, -0.2) is 4.98 Å². The molecule has 0 saturated heterocycles. The number of para-hydroxylation sites is 1. The van der Waals surface area contributed by atoms with Crippen LogP contribution in [0, 0.1) is 6.92 Å². The maximum Gasteiger partial charge on any atom is 0.255 e. The molecule has 0 unspecified atom stereocenters. The van der Waals surface area contributed by atoms with Crippen LogP contribution in [0.25, 0.3) is 0 Å². The number of nitrogens with one attached hydrogen (secondary N) is 1. The summed E-state index contributed by atoms with van der Waals surface area (Å²) in [6.45, 7) is 6.20. The van der Waals surface area contributed by atoms with Gasteiger partial charge >= 0.3 is 0 Å². The molecule has 0 fully saturated rings. The Balaban J connectivity index is 2.33. The second-order valence-electron chi connectivity index (χ2n) is 5.12. The highest BCUT2D eigenvalue weighted by Crippen LogP contribution is 2.27. The normalized spacial score (nSPS) is 10.6.